The van der Waals surface area contributed by atoms with Gasteiger partial charge in [-0.3, -0.25) is 4.79 Å². The number of hydrogen-bond acceptors (Lipinski definition) is 5. The number of rotatable bonds is 3. The van der Waals surface area contributed by atoms with Crippen LogP contribution in [0.3, 0.4) is 0 Å². The number of carbonyl (C=O) groups is 1. The minimum atomic E-state index is -0.616. The van der Waals surface area contributed by atoms with Gasteiger partial charge in [0.1, 0.15) is 29.6 Å². The van der Waals surface area contributed by atoms with E-state index in [1.807, 2.05) is 78.9 Å². The van der Waals surface area contributed by atoms with Gasteiger partial charge in [-0.25, -0.2) is 4.79 Å². The van der Waals surface area contributed by atoms with Crippen LogP contribution in [0.2, 0.25) is 0 Å². The van der Waals surface area contributed by atoms with Crippen LogP contribution in [0, 0.1) is 0 Å². The maximum Gasteiger partial charge on any atom is 0.336 e. The van der Waals surface area contributed by atoms with Crippen molar-refractivity contribution in [2.45, 2.75) is 12.5 Å². The maximum atomic E-state index is 13.4. The van der Waals surface area contributed by atoms with Crippen LogP contribution in [0.5, 0.6) is 11.5 Å². The summed E-state index contributed by atoms with van der Waals surface area (Å²) < 4.78 is 17.2. The van der Waals surface area contributed by atoms with Crippen LogP contribution in [0.1, 0.15) is 22.6 Å². The van der Waals surface area contributed by atoms with Crippen LogP contribution >= 0.6 is 0 Å². The molecule has 160 valence electrons. The summed E-state index contributed by atoms with van der Waals surface area (Å²) in [5, 5.41) is 2.72. The molecule has 6 rings (SSSR count). The quantitative estimate of drug-likeness (QED) is 0.200. The Morgan fingerprint density at radius 1 is 0.818 bits per heavy atom. The predicted octanol–water partition coefficient (Wildman–Crippen LogP) is 5.93. The fourth-order valence-electron chi connectivity index (χ4n) is 4.53. The van der Waals surface area contributed by atoms with Crippen molar-refractivity contribution < 1.29 is 18.7 Å². The molecule has 0 saturated heterocycles. The highest BCUT2D eigenvalue weighted by molar-refractivity contribution is 6.07. The largest absolute Gasteiger partial charge is 0.460 e. The van der Waals surface area contributed by atoms with Crippen molar-refractivity contribution in [2.75, 3.05) is 0 Å². The molecule has 0 saturated carbocycles. The van der Waals surface area contributed by atoms with Crippen LogP contribution in [0.15, 0.2) is 100 Å². The Kier molecular flexibility index (Phi) is 4.47. The van der Waals surface area contributed by atoms with E-state index in [-0.39, 0.29) is 6.61 Å². The third kappa shape index (κ3) is 3.26. The Morgan fingerprint density at radius 3 is 2.24 bits per heavy atom. The number of esters is 1. The first kappa shape index (κ1) is 19.3. The molecule has 0 N–H and O–H groups in total. The van der Waals surface area contributed by atoms with E-state index in [1.54, 1.807) is 6.07 Å². The van der Waals surface area contributed by atoms with Crippen molar-refractivity contribution in [3.05, 3.63) is 118 Å². The Hall–Kier alpha value is -4.38. The molecule has 0 bridgehead atoms. The molecule has 0 aliphatic carbocycles. The molecule has 1 aliphatic heterocycles. The number of benzene rings is 4. The van der Waals surface area contributed by atoms with Gasteiger partial charge in [0, 0.05) is 28.1 Å². The van der Waals surface area contributed by atoms with Crippen LogP contribution in [0.25, 0.3) is 21.7 Å². The molecule has 0 unspecified atom stereocenters. The lowest BCUT2D eigenvalue weighted by Gasteiger charge is -2.26. The van der Waals surface area contributed by atoms with E-state index in [0.717, 1.165) is 27.3 Å². The van der Waals surface area contributed by atoms with Crippen LogP contribution < -0.4 is 10.4 Å². The molecule has 5 aromatic rings. The first-order chi connectivity index (χ1) is 16.2. The molecule has 2 heterocycles. The summed E-state index contributed by atoms with van der Waals surface area (Å²) in [6, 6.07) is 27.8. The first-order valence-electron chi connectivity index (χ1n) is 10.7. The minimum Gasteiger partial charge on any atom is -0.460 e. The van der Waals surface area contributed by atoms with E-state index in [0.29, 0.717) is 22.6 Å². The molecule has 4 aromatic carbocycles. The summed E-state index contributed by atoms with van der Waals surface area (Å²) in [6.45, 7) is -0.0450. The Labute approximate surface area is 188 Å². The standard InChI is InChI=1S/C28H18O5/c29-25-15-18(26-19-8-2-1-7-17(19)13-14-24(26)33-25)16-31-28(30)27-20-9-3-5-11-22(20)32-23-12-6-4-10-21(23)27/h1-15,27H,16H2. The van der Waals surface area contributed by atoms with Gasteiger partial charge in [-0.1, -0.05) is 66.7 Å². The van der Waals surface area contributed by atoms with Gasteiger partial charge in [0.15, 0.2) is 0 Å². The number of ether oxygens (including phenoxy) is 2. The van der Waals surface area contributed by atoms with Crippen molar-refractivity contribution in [3.63, 3.8) is 0 Å². The van der Waals surface area contributed by atoms with Crippen molar-refractivity contribution in [2.24, 2.45) is 0 Å². The highest BCUT2D eigenvalue weighted by atomic mass is 16.5. The summed E-state index contributed by atoms with van der Waals surface area (Å²) in [4.78, 5) is 25.6. The van der Waals surface area contributed by atoms with Crippen LogP contribution in [-0.2, 0) is 16.1 Å². The lowest BCUT2D eigenvalue weighted by Crippen LogP contribution is -2.21. The van der Waals surface area contributed by atoms with E-state index < -0.39 is 17.5 Å². The van der Waals surface area contributed by atoms with Gasteiger partial charge < -0.3 is 13.9 Å². The summed E-state index contributed by atoms with van der Waals surface area (Å²) in [5.74, 6) is 0.249. The fourth-order valence-corrected chi connectivity index (χ4v) is 4.53. The average Bonchev–Trinajstić information content (AvgIpc) is 2.85. The van der Waals surface area contributed by atoms with Crippen molar-refractivity contribution >= 4 is 27.7 Å². The highest BCUT2D eigenvalue weighted by Crippen LogP contribution is 2.44. The zero-order chi connectivity index (χ0) is 22.4. The summed E-state index contributed by atoms with van der Waals surface area (Å²) in [5.41, 5.74) is 2.10. The summed E-state index contributed by atoms with van der Waals surface area (Å²) in [6.07, 6.45) is 0. The molecular weight excluding hydrogens is 416 g/mol. The molecule has 33 heavy (non-hydrogen) atoms. The molecule has 5 heteroatoms. The number of hydrogen-bond donors (Lipinski definition) is 0. The SMILES string of the molecule is O=C(OCc1cc(=O)oc2ccc3ccccc3c12)C1c2ccccc2Oc2ccccc21. The van der Waals surface area contributed by atoms with Gasteiger partial charge in [-0.2, -0.15) is 0 Å². The number of carbonyl (C=O) groups excluding carboxylic acids is 1. The van der Waals surface area contributed by atoms with E-state index in [9.17, 15) is 9.59 Å². The fraction of sp³-hybridized carbons (Fsp3) is 0.0714. The Balaban J connectivity index is 1.40. The molecule has 0 radical (unpaired) electrons. The van der Waals surface area contributed by atoms with Crippen molar-refractivity contribution in [1.29, 1.82) is 0 Å². The lowest BCUT2D eigenvalue weighted by atomic mass is 9.88. The average molecular weight is 434 g/mol. The zero-order valence-corrected chi connectivity index (χ0v) is 17.5. The highest BCUT2D eigenvalue weighted by Gasteiger charge is 2.33. The topological polar surface area (TPSA) is 65.7 Å². The normalized spacial score (nSPS) is 12.7. The monoisotopic (exact) mass is 434 g/mol. The molecule has 0 amide bonds. The number of para-hydroxylation sites is 2. The van der Waals surface area contributed by atoms with Crippen LogP contribution in [-0.4, -0.2) is 5.97 Å². The molecule has 5 nitrogen and oxygen atoms in total. The van der Waals surface area contributed by atoms with Gasteiger partial charge in [0.05, 0.1) is 0 Å². The molecule has 0 spiro atoms. The predicted molar refractivity (Wildman–Crippen MR) is 125 cm³/mol. The molecule has 0 fully saturated rings. The summed E-state index contributed by atoms with van der Waals surface area (Å²) >= 11 is 0. The van der Waals surface area contributed by atoms with E-state index >= 15 is 0 Å². The van der Waals surface area contributed by atoms with Gasteiger partial charge in [-0.15, -0.1) is 0 Å². The lowest BCUT2D eigenvalue weighted by molar-refractivity contribution is -0.145. The second kappa shape index (κ2) is 7.64. The first-order valence-corrected chi connectivity index (χ1v) is 10.7. The van der Waals surface area contributed by atoms with Gasteiger partial charge in [0.2, 0.25) is 0 Å². The maximum absolute atomic E-state index is 13.4. The Bertz CT molecular complexity index is 1550. The van der Waals surface area contributed by atoms with E-state index in [1.165, 1.54) is 6.07 Å². The van der Waals surface area contributed by atoms with E-state index in [2.05, 4.69) is 0 Å². The zero-order valence-electron chi connectivity index (χ0n) is 17.5. The molecule has 0 atom stereocenters. The van der Waals surface area contributed by atoms with Gasteiger partial charge in [-0.05, 0) is 29.0 Å². The van der Waals surface area contributed by atoms with Crippen molar-refractivity contribution in [3.8, 4) is 11.5 Å². The molecular formula is C28H18O5. The smallest absolute Gasteiger partial charge is 0.336 e. The second-order valence-corrected chi connectivity index (χ2v) is 7.97. The second-order valence-electron chi connectivity index (χ2n) is 7.97. The summed E-state index contributed by atoms with van der Waals surface area (Å²) in [7, 11) is 0. The molecule has 1 aromatic heterocycles. The minimum absolute atomic E-state index is 0.0450. The van der Waals surface area contributed by atoms with Gasteiger partial charge >= 0.3 is 11.6 Å². The third-order valence-electron chi connectivity index (χ3n) is 6.00. The van der Waals surface area contributed by atoms with Crippen LogP contribution in [0.4, 0.5) is 0 Å². The van der Waals surface area contributed by atoms with E-state index in [4.69, 9.17) is 13.9 Å². The van der Waals surface area contributed by atoms with Crippen molar-refractivity contribution in [1.82, 2.24) is 0 Å². The Morgan fingerprint density at radius 2 is 1.48 bits per heavy atom. The third-order valence-corrected chi connectivity index (χ3v) is 6.00. The number of fused-ring (bicyclic) bond motifs is 5. The molecule has 1 aliphatic rings. The van der Waals surface area contributed by atoms with Gasteiger partial charge in [0.25, 0.3) is 0 Å².